The number of rotatable bonds is 1. The molecule has 0 heterocycles. The molecule has 0 bridgehead atoms. The molecule has 0 saturated heterocycles. The maximum atomic E-state index is 13.2. The van der Waals surface area contributed by atoms with Crippen LogP contribution in [0.15, 0.2) is 23.3 Å². The highest BCUT2D eigenvalue weighted by atomic mass is 19.4. The summed E-state index contributed by atoms with van der Waals surface area (Å²) in [5.41, 5.74) is -5.10. The summed E-state index contributed by atoms with van der Waals surface area (Å²) in [4.78, 5) is 11.0. The van der Waals surface area contributed by atoms with Crippen LogP contribution in [0.5, 0.6) is 0 Å². The Bertz CT molecular complexity index is 471. The maximum absolute atomic E-state index is 13.2. The summed E-state index contributed by atoms with van der Waals surface area (Å²) in [6.45, 7) is 1.58. The third kappa shape index (κ3) is 2.69. The van der Waals surface area contributed by atoms with Crippen LogP contribution in [0.25, 0.3) is 0 Å². The van der Waals surface area contributed by atoms with Crippen LogP contribution in [-0.4, -0.2) is 23.4 Å². The predicted octanol–water partition coefficient (Wildman–Crippen LogP) is 4.09. The molecule has 1 N–H and O–H groups in total. The van der Waals surface area contributed by atoms with Gasteiger partial charge in [-0.3, -0.25) is 0 Å². The van der Waals surface area contributed by atoms with Crippen LogP contribution in [0, 0.1) is 11.3 Å². The van der Waals surface area contributed by atoms with Crippen LogP contribution in [0.4, 0.5) is 26.3 Å². The lowest BCUT2D eigenvalue weighted by Crippen LogP contribution is -2.44. The lowest BCUT2D eigenvalue weighted by atomic mass is 9.70. The van der Waals surface area contributed by atoms with E-state index in [0.717, 1.165) is 6.92 Å². The Balaban J connectivity index is 3.45. The zero-order valence-electron chi connectivity index (χ0n) is 10.6. The first-order valence-corrected chi connectivity index (χ1v) is 5.60. The van der Waals surface area contributed by atoms with E-state index >= 15 is 0 Å². The molecule has 0 fully saturated rings. The van der Waals surface area contributed by atoms with Gasteiger partial charge in [0.05, 0.1) is 11.0 Å². The van der Waals surface area contributed by atoms with Gasteiger partial charge in [-0.2, -0.15) is 26.3 Å². The van der Waals surface area contributed by atoms with Crippen LogP contribution >= 0.6 is 0 Å². The summed E-state index contributed by atoms with van der Waals surface area (Å²) in [6.07, 6.45) is -9.83. The maximum Gasteiger partial charge on any atom is 0.412 e. The fourth-order valence-electron chi connectivity index (χ4n) is 2.16. The third-order valence-electron chi connectivity index (χ3n) is 3.71. The molecular weight excluding hydrogens is 290 g/mol. The van der Waals surface area contributed by atoms with E-state index in [0.29, 0.717) is 19.1 Å². The van der Waals surface area contributed by atoms with Crippen molar-refractivity contribution in [1.82, 2.24) is 0 Å². The molecule has 0 saturated carbocycles. The largest absolute Gasteiger partial charge is 0.478 e. The first-order chi connectivity index (χ1) is 8.81. The molecule has 0 aromatic heterocycles. The minimum Gasteiger partial charge on any atom is -0.478 e. The van der Waals surface area contributed by atoms with E-state index in [-0.39, 0.29) is 0 Å². The summed E-state index contributed by atoms with van der Waals surface area (Å²) in [5, 5.41) is 8.89. The molecule has 0 aromatic carbocycles. The van der Waals surface area contributed by atoms with E-state index in [1.165, 1.54) is 0 Å². The second-order valence-corrected chi connectivity index (χ2v) is 4.88. The van der Waals surface area contributed by atoms with Crippen molar-refractivity contribution in [2.45, 2.75) is 32.6 Å². The summed E-state index contributed by atoms with van der Waals surface area (Å²) >= 11 is 0. The average molecular weight is 302 g/mol. The molecule has 2 atom stereocenters. The van der Waals surface area contributed by atoms with Gasteiger partial charge < -0.3 is 5.11 Å². The first-order valence-electron chi connectivity index (χ1n) is 5.60. The van der Waals surface area contributed by atoms with Crippen molar-refractivity contribution in [3.63, 3.8) is 0 Å². The smallest absolute Gasteiger partial charge is 0.412 e. The van der Waals surface area contributed by atoms with E-state index in [1.807, 2.05) is 0 Å². The second kappa shape index (κ2) is 4.82. The minimum atomic E-state index is -4.97. The summed E-state index contributed by atoms with van der Waals surface area (Å²) < 4.78 is 77.5. The van der Waals surface area contributed by atoms with Crippen LogP contribution in [-0.2, 0) is 4.79 Å². The van der Waals surface area contributed by atoms with Crippen molar-refractivity contribution in [3.8, 4) is 0 Å². The number of carbonyl (C=O) groups is 1. The minimum absolute atomic E-state index is 0.405. The quantitative estimate of drug-likeness (QED) is 0.741. The van der Waals surface area contributed by atoms with Crippen molar-refractivity contribution in [2.24, 2.45) is 11.3 Å². The summed E-state index contributed by atoms with van der Waals surface area (Å²) in [7, 11) is 0. The van der Waals surface area contributed by atoms with Crippen molar-refractivity contribution >= 4 is 5.97 Å². The van der Waals surface area contributed by atoms with Gasteiger partial charge in [0.15, 0.2) is 0 Å². The van der Waals surface area contributed by atoms with Gasteiger partial charge in [-0.05, 0) is 19.3 Å². The highest BCUT2D eigenvalue weighted by Crippen LogP contribution is 2.53. The van der Waals surface area contributed by atoms with Gasteiger partial charge in [0.25, 0.3) is 0 Å². The van der Waals surface area contributed by atoms with Crippen molar-refractivity contribution < 1.29 is 36.2 Å². The number of halogens is 6. The van der Waals surface area contributed by atoms with E-state index < -0.39 is 47.2 Å². The normalized spacial score (nSPS) is 28.5. The molecule has 0 aromatic rings. The van der Waals surface area contributed by atoms with Crippen molar-refractivity contribution in [2.75, 3.05) is 0 Å². The Labute approximate surface area is 110 Å². The molecule has 1 rings (SSSR count). The Kier molecular flexibility index (Phi) is 4.00. The number of hydrogen-bond donors (Lipinski definition) is 1. The molecule has 1 aliphatic rings. The van der Waals surface area contributed by atoms with Gasteiger partial charge in [0.2, 0.25) is 0 Å². The number of carboxylic acids is 1. The second-order valence-electron chi connectivity index (χ2n) is 4.88. The molecule has 0 amide bonds. The van der Waals surface area contributed by atoms with E-state index in [9.17, 15) is 31.1 Å². The number of aliphatic carboxylic acids is 1. The Morgan fingerprint density at radius 3 is 2.10 bits per heavy atom. The summed E-state index contributed by atoms with van der Waals surface area (Å²) in [5.74, 6) is -3.43. The van der Waals surface area contributed by atoms with Crippen LogP contribution in [0.1, 0.15) is 20.3 Å². The van der Waals surface area contributed by atoms with Crippen LogP contribution in [0.2, 0.25) is 0 Å². The van der Waals surface area contributed by atoms with Crippen LogP contribution < -0.4 is 0 Å². The summed E-state index contributed by atoms with van der Waals surface area (Å²) in [6, 6.07) is 0. The molecule has 8 heteroatoms. The zero-order valence-corrected chi connectivity index (χ0v) is 10.6. The number of alkyl halides is 6. The number of allylic oxidation sites excluding steroid dienone is 3. The Morgan fingerprint density at radius 2 is 1.75 bits per heavy atom. The average Bonchev–Trinajstić information content (AvgIpc) is 2.36. The first kappa shape index (κ1) is 16.6. The SMILES string of the molecule is CC1CC(C(F)(F)F)=CC=C(C(=O)O)[C@@]1(C)C(F)(F)F. The molecule has 0 aliphatic heterocycles. The lowest BCUT2D eigenvalue weighted by molar-refractivity contribution is -0.222. The van der Waals surface area contributed by atoms with Crippen molar-refractivity contribution in [3.05, 3.63) is 23.3 Å². The van der Waals surface area contributed by atoms with E-state index in [4.69, 9.17) is 5.11 Å². The highest BCUT2D eigenvalue weighted by Gasteiger charge is 2.59. The molecule has 2 nitrogen and oxygen atoms in total. The highest BCUT2D eigenvalue weighted by molar-refractivity contribution is 5.89. The van der Waals surface area contributed by atoms with Gasteiger partial charge in [-0.15, -0.1) is 0 Å². The van der Waals surface area contributed by atoms with E-state index in [2.05, 4.69) is 0 Å². The fraction of sp³-hybridized carbons (Fsp3) is 0.583. The standard InChI is InChI=1S/C12H12F6O2/c1-6-5-7(11(13,14)15)3-4-8(9(19)20)10(6,2)12(16,17)18/h3-4,6H,5H2,1-2H3,(H,19,20)/t6?,10-/m0/s1. The zero-order chi connectivity index (χ0) is 15.9. The molecule has 0 spiro atoms. The molecule has 114 valence electrons. The Morgan fingerprint density at radius 1 is 1.25 bits per heavy atom. The number of hydrogen-bond acceptors (Lipinski definition) is 1. The number of carboxylic acid groups (broad SMARTS) is 1. The lowest BCUT2D eigenvalue weighted by Gasteiger charge is -2.37. The van der Waals surface area contributed by atoms with Crippen LogP contribution in [0.3, 0.4) is 0 Å². The fourth-order valence-corrected chi connectivity index (χ4v) is 2.16. The third-order valence-corrected chi connectivity index (χ3v) is 3.71. The molecule has 20 heavy (non-hydrogen) atoms. The predicted molar refractivity (Wildman–Crippen MR) is 57.8 cm³/mol. The molecule has 1 unspecified atom stereocenters. The van der Waals surface area contributed by atoms with Gasteiger partial charge >= 0.3 is 18.3 Å². The van der Waals surface area contributed by atoms with Gasteiger partial charge in [0, 0.05) is 5.57 Å². The van der Waals surface area contributed by atoms with E-state index in [1.54, 1.807) is 0 Å². The van der Waals surface area contributed by atoms with Gasteiger partial charge in [-0.25, -0.2) is 4.79 Å². The Hall–Kier alpha value is -1.47. The topological polar surface area (TPSA) is 37.3 Å². The van der Waals surface area contributed by atoms with Gasteiger partial charge in [-0.1, -0.05) is 19.1 Å². The van der Waals surface area contributed by atoms with Gasteiger partial charge in [0.1, 0.15) is 0 Å². The van der Waals surface area contributed by atoms with Crippen molar-refractivity contribution in [1.29, 1.82) is 0 Å². The molecule has 0 radical (unpaired) electrons. The monoisotopic (exact) mass is 302 g/mol. The molecular formula is C12H12F6O2. The molecule has 1 aliphatic carbocycles.